The molecule has 0 spiro atoms. The van der Waals surface area contributed by atoms with Crippen LogP contribution in [0.4, 0.5) is 4.39 Å². The van der Waals surface area contributed by atoms with E-state index >= 15 is 0 Å². The van der Waals surface area contributed by atoms with Crippen LogP contribution in [0.1, 0.15) is 27.9 Å². The maximum atomic E-state index is 13.1. The van der Waals surface area contributed by atoms with E-state index in [9.17, 15) is 4.39 Å². The van der Waals surface area contributed by atoms with E-state index in [0.29, 0.717) is 0 Å². The monoisotopic (exact) mass is 251 g/mol. The van der Waals surface area contributed by atoms with E-state index in [2.05, 4.69) is 10.4 Å². The van der Waals surface area contributed by atoms with Crippen LogP contribution in [0.15, 0.2) is 23.6 Å². The molecule has 1 unspecified atom stereocenters. The number of benzene rings is 1. The smallest absolute Gasteiger partial charge is 0.123 e. The van der Waals surface area contributed by atoms with Crippen molar-refractivity contribution in [3.05, 3.63) is 51.2 Å². The largest absolute Gasteiger partial charge is 0.271 e. The van der Waals surface area contributed by atoms with Crippen molar-refractivity contribution in [1.82, 2.24) is 10.4 Å². The lowest BCUT2D eigenvalue weighted by Crippen LogP contribution is -2.29. The predicted octanol–water partition coefficient (Wildman–Crippen LogP) is 2.45. The van der Waals surface area contributed by atoms with Gasteiger partial charge >= 0.3 is 0 Å². The van der Waals surface area contributed by atoms with Crippen molar-refractivity contribution < 1.29 is 4.39 Å². The molecule has 3 N–H and O–H groups in total. The number of nitrogens with zero attached hydrogens (tertiary/aromatic N) is 1. The van der Waals surface area contributed by atoms with Gasteiger partial charge in [0.25, 0.3) is 0 Å². The Balaban J connectivity index is 2.42. The van der Waals surface area contributed by atoms with Crippen molar-refractivity contribution in [1.29, 1.82) is 0 Å². The molecule has 1 atom stereocenters. The molecular formula is C12H14FN3S. The molecule has 17 heavy (non-hydrogen) atoms. The van der Waals surface area contributed by atoms with Gasteiger partial charge in [0.15, 0.2) is 0 Å². The number of nitrogens with one attached hydrogen (secondary N) is 1. The average molecular weight is 251 g/mol. The summed E-state index contributed by atoms with van der Waals surface area (Å²) < 4.78 is 13.1. The molecule has 0 amide bonds. The Bertz CT molecular complexity index is 524. The third-order valence-electron chi connectivity index (χ3n) is 2.64. The zero-order valence-corrected chi connectivity index (χ0v) is 10.5. The molecule has 0 radical (unpaired) electrons. The van der Waals surface area contributed by atoms with Crippen LogP contribution < -0.4 is 11.3 Å². The van der Waals surface area contributed by atoms with Crippen LogP contribution in [0.3, 0.4) is 0 Å². The number of hydrazine groups is 1. The quantitative estimate of drug-likeness (QED) is 0.651. The van der Waals surface area contributed by atoms with E-state index in [1.807, 2.05) is 19.2 Å². The van der Waals surface area contributed by atoms with Crippen molar-refractivity contribution in [2.75, 3.05) is 0 Å². The van der Waals surface area contributed by atoms with Gasteiger partial charge in [-0.15, -0.1) is 11.3 Å². The van der Waals surface area contributed by atoms with E-state index in [-0.39, 0.29) is 11.9 Å². The van der Waals surface area contributed by atoms with Crippen LogP contribution in [0, 0.1) is 19.7 Å². The molecule has 0 aliphatic heterocycles. The highest BCUT2D eigenvalue weighted by atomic mass is 32.1. The maximum absolute atomic E-state index is 13.1. The molecule has 5 heteroatoms. The van der Waals surface area contributed by atoms with Crippen molar-refractivity contribution in [2.45, 2.75) is 19.9 Å². The third kappa shape index (κ3) is 2.52. The first-order chi connectivity index (χ1) is 8.11. The number of aryl methyl sites for hydroxylation is 2. The molecule has 2 rings (SSSR count). The Labute approximate surface area is 103 Å². The molecule has 1 aromatic heterocycles. The molecule has 0 aliphatic rings. The lowest BCUT2D eigenvalue weighted by molar-refractivity contribution is 0.605. The first-order valence-corrected chi connectivity index (χ1v) is 6.14. The molecule has 0 fully saturated rings. The van der Waals surface area contributed by atoms with Crippen LogP contribution in [0.25, 0.3) is 0 Å². The molecule has 2 aromatic rings. The minimum atomic E-state index is -0.239. The SMILES string of the molecule is Cc1nc(C(NN)c2ccc(F)cc2C)cs1. The minimum Gasteiger partial charge on any atom is -0.271 e. The van der Waals surface area contributed by atoms with E-state index in [1.54, 1.807) is 17.4 Å². The lowest BCUT2D eigenvalue weighted by Gasteiger charge is -2.16. The standard InChI is InChI=1S/C12H14FN3S/c1-7-5-9(13)3-4-10(7)12(16-14)11-6-17-8(2)15-11/h3-6,12,16H,14H2,1-2H3. The predicted molar refractivity (Wildman–Crippen MR) is 67.2 cm³/mol. The number of hydrogen-bond donors (Lipinski definition) is 2. The van der Waals surface area contributed by atoms with E-state index in [4.69, 9.17) is 5.84 Å². The minimum absolute atomic E-state index is 0.194. The third-order valence-corrected chi connectivity index (χ3v) is 3.43. The van der Waals surface area contributed by atoms with Crippen LogP contribution in [0.5, 0.6) is 0 Å². The van der Waals surface area contributed by atoms with Crippen molar-refractivity contribution in [3.8, 4) is 0 Å². The summed E-state index contributed by atoms with van der Waals surface area (Å²) in [6, 6.07) is 4.48. The van der Waals surface area contributed by atoms with Crippen LogP contribution in [0.2, 0.25) is 0 Å². The molecule has 0 saturated heterocycles. The van der Waals surface area contributed by atoms with E-state index in [1.165, 1.54) is 12.1 Å². The summed E-state index contributed by atoms with van der Waals surface area (Å²) in [5.41, 5.74) is 5.40. The summed E-state index contributed by atoms with van der Waals surface area (Å²) in [5.74, 6) is 5.33. The van der Waals surface area contributed by atoms with Gasteiger partial charge in [0, 0.05) is 5.38 Å². The van der Waals surface area contributed by atoms with Crippen LogP contribution in [-0.4, -0.2) is 4.98 Å². The second kappa shape index (κ2) is 4.91. The van der Waals surface area contributed by atoms with Gasteiger partial charge in [-0.05, 0) is 37.1 Å². The van der Waals surface area contributed by atoms with Gasteiger partial charge in [-0.1, -0.05) is 6.07 Å². The second-order valence-electron chi connectivity index (χ2n) is 3.89. The molecule has 3 nitrogen and oxygen atoms in total. The highest BCUT2D eigenvalue weighted by Gasteiger charge is 2.17. The topological polar surface area (TPSA) is 50.9 Å². The molecule has 1 heterocycles. The fraction of sp³-hybridized carbons (Fsp3) is 0.250. The van der Waals surface area contributed by atoms with Crippen LogP contribution in [-0.2, 0) is 0 Å². The fourth-order valence-corrected chi connectivity index (χ4v) is 2.45. The first-order valence-electron chi connectivity index (χ1n) is 5.26. The highest BCUT2D eigenvalue weighted by molar-refractivity contribution is 7.09. The fourth-order valence-electron chi connectivity index (χ4n) is 1.81. The second-order valence-corrected chi connectivity index (χ2v) is 4.95. The number of hydrogen-bond acceptors (Lipinski definition) is 4. The summed E-state index contributed by atoms with van der Waals surface area (Å²) in [7, 11) is 0. The number of thiazole rings is 1. The van der Waals surface area contributed by atoms with Gasteiger partial charge < -0.3 is 0 Å². The number of aromatic nitrogens is 1. The Morgan fingerprint density at radius 2 is 2.18 bits per heavy atom. The zero-order chi connectivity index (χ0) is 12.4. The number of halogens is 1. The van der Waals surface area contributed by atoms with Gasteiger partial charge in [-0.3, -0.25) is 5.84 Å². The average Bonchev–Trinajstić information content (AvgIpc) is 2.69. The van der Waals surface area contributed by atoms with E-state index < -0.39 is 0 Å². The summed E-state index contributed by atoms with van der Waals surface area (Å²) >= 11 is 1.57. The van der Waals surface area contributed by atoms with Gasteiger partial charge in [0.05, 0.1) is 16.7 Å². The molecule has 1 aromatic carbocycles. The summed E-state index contributed by atoms with van der Waals surface area (Å²) in [5, 5.41) is 2.95. The molecule has 0 aliphatic carbocycles. The van der Waals surface area contributed by atoms with Crippen molar-refractivity contribution >= 4 is 11.3 Å². The summed E-state index contributed by atoms with van der Waals surface area (Å²) in [6.45, 7) is 3.81. The van der Waals surface area contributed by atoms with Gasteiger partial charge in [-0.25, -0.2) is 14.8 Å². The Kier molecular flexibility index (Phi) is 3.51. The maximum Gasteiger partial charge on any atom is 0.123 e. The van der Waals surface area contributed by atoms with E-state index in [0.717, 1.165) is 21.8 Å². The Morgan fingerprint density at radius 3 is 2.71 bits per heavy atom. The number of nitrogens with two attached hydrogens (primary N) is 1. The molecular weight excluding hydrogens is 237 g/mol. The number of rotatable bonds is 3. The normalized spacial score (nSPS) is 12.7. The zero-order valence-electron chi connectivity index (χ0n) is 9.70. The Morgan fingerprint density at radius 1 is 1.41 bits per heavy atom. The van der Waals surface area contributed by atoms with Gasteiger partial charge in [0.1, 0.15) is 5.82 Å². The van der Waals surface area contributed by atoms with Gasteiger partial charge in [0.2, 0.25) is 0 Å². The van der Waals surface area contributed by atoms with Crippen molar-refractivity contribution in [2.24, 2.45) is 5.84 Å². The van der Waals surface area contributed by atoms with Crippen LogP contribution >= 0.6 is 11.3 Å². The lowest BCUT2D eigenvalue weighted by atomic mass is 10.00. The van der Waals surface area contributed by atoms with Gasteiger partial charge in [-0.2, -0.15) is 0 Å². The van der Waals surface area contributed by atoms with Crippen molar-refractivity contribution in [3.63, 3.8) is 0 Å². The molecule has 0 saturated carbocycles. The summed E-state index contributed by atoms with van der Waals surface area (Å²) in [6.07, 6.45) is 0. The first kappa shape index (κ1) is 12.2. The molecule has 90 valence electrons. The molecule has 0 bridgehead atoms. The highest BCUT2D eigenvalue weighted by Crippen LogP contribution is 2.25. The Hall–Kier alpha value is -1.30. The summed E-state index contributed by atoms with van der Waals surface area (Å²) in [4.78, 5) is 4.40.